The molecule has 0 saturated carbocycles. The first-order chi connectivity index (χ1) is 16.0. The number of halogens is 1. The maximum absolute atomic E-state index is 12.7. The highest BCUT2D eigenvalue weighted by molar-refractivity contribution is 8.00. The van der Waals surface area contributed by atoms with Gasteiger partial charge in [0.15, 0.2) is 0 Å². The number of benzene rings is 3. The Kier molecular flexibility index (Phi) is 7.57. The Bertz CT molecular complexity index is 1120. The number of ether oxygens (including phenoxy) is 1. The standard InChI is InChI=1S/C26H25ClN2O3S/c1-2-32-23-6-4-3-5-21(23)15-28-25(31)19-9-11-20(12-10-19)26-29(24(30)17-33-26)16-18-7-13-22(27)14-8-18/h3-14,26H,2,15-17H2,1H3,(H,28,31). The number of para-hydroxylation sites is 1. The molecule has 3 aromatic rings. The van der Waals surface area contributed by atoms with Crippen LogP contribution in [-0.2, 0) is 17.9 Å². The van der Waals surface area contributed by atoms with Gasteiger partial charge in [0.05, 0.1) is 12.4 Å². The summed E-state index contributed by atoms with van der Waals surface area (Å²) in [5.74, 6) is 1.18. The Morgan fingerprint density at radius 2 is 1.82 bits per heavy atom. The summed E-state index contributed by atoms with van der Waals surface area (Å²) < 4.78 is 5.62. The van der Waals surface area contributed by atoms with Crippen molar-refractivity contribution in [1.82, 2.24) is 10.2 Å². The summed E-state index contributed by atoms with van der Waals surface area (Å²) in [4.78, 5) is 27.0. The van der Waals surface area contributed by atoms with Crippen molar-refractivity contribution in [2.45, 2.75) is 25.4 Å². The number of nitrogens with zero attached hydrogens (tertiary/aromatic N) is 1. The quantitative estimate of drug-likeness (QED) is 0.466. The Labute approximate surface area is 203 Å². The van der Waals surface area contributed by atoms with E-state index < -0.39 is 0 Å². The molecule has 1 N–H and O–H groups in total. The van der Waals surface area contributed by atoms with E-state index in [1.165, 1.54) is 0 Å². The lowest BCUT2D eigenvalue weighted by Crippen LogP contribution is -2.27. The summed E-state index contributed by atoms with van der Waals surface area (Å²) in [5.41, 5.74) is 3.54. The average Bonchev–Trinajstić information content (AvgIpc) is 3.20. The molecular formula is C26H25ClN2O3S. The number of hydrogen-bond donors (Lipinski definition) is 1. The number of nitrogens with one attached hydrogen (secondary N) is 1. The van der Waals surface area contributed by atoms with E-state index in [-0.39, 0.29) is 17.2 Å². The zero-order valence-electron chi connectivity index (χ0n) is 18.3. The van der Waals surface area contributed by atoms with Gasteiger partial charge < -0.3 is 15.0 Å². The highest BCUT2D eigenvalue weighted by Gasteiger charge is 2.32. The second-order valence-corrected chi connectivity index (χ2v) is 9.16. The molecule has 1 heterocycles. The molecule has 1 saturated heterocycles. The summed E-state index contributed by atoms with van der Waals surface area (Å²) in [7, 11) is 0. The van der Waals surface area contributed by atoms with Crippen molar-refractivity contribution in [1.29, 1.82) is 0 Å². The molecule has 33 heavy (non-hydrogen) atoms. The van der Waals surface area contributed by atoms with E-state index >= 15 is 0 Å². The normalized spacial score (nSPS) is 15.5. The van der Waals surface area contributed by atoms with Crippen molar-refractivity contribution in [3.05, 3.63) is 100 Å². The highest BCUT2D eigenvalue weighted by Crippen LogP contribution is 2.39. The van der Waals surface area contributed by atoms with Crippen LogP contribution >= 0.6 is 23.4 Å². The molecule has 0 bridgehead atoms. The minimum atomic E-state index is -0.152. The minimum absolute atomic E-state index is 0.0802. The molecule has 7 heteroatoms. The van der Waals surface area contributed by atoms with E-state index in [1.807, 2.05) is 84.6 Å². The fourth-order valence-corrected chi connectivity index (χ4v) is 5.02. The van der Waals surface area contributed by atoms with E-state index in [2.05, 4.69) is 5.32 Å². The van der Waals surface area contributed by atoms with Gasteiger partial charge >= 0.3 is 0 Å². The van der Waals surface area contributed by atoms with E-state index in [0.717, 1.165) is 22.4 Å². The molecule has 4 rings (SSSR count). The Hall–Kier alpha value is -2.96. The topological polar surface area (TPSA) is 58.6 Å². The van der Waals surface area contributed by atoms with Crippen LogP contribution in [0.1, 0.15) is 39.3 Å². The van der Waals surface area contributed by atoms with Crippen LogP contribution in [0, 0.1) is 0 Å². The van der Waals surface area contributed by atoms with Crippen LogP contribution in [0.25, 0.3) is 0 Å². The lowest BCUT2D eigenvalue weighted by atomic mass is 10.1. The lowest BCUT2D eigenvalue weighted by molar-refractivity contribution is -0.128. The van der Waals surface area contributed by atoms with Crippen LogP contribution in [0.4, 0.5) is 0 Å². The Morgan fingerprint density at radius 1 is 1.09 bits per heavy atom. The Balaban J connectivity index is 1.41. The van der Waals surface area contributed by atoms with Crippen LogP contribution in [0.15, 0.2) is 72.8 Å². The summed E-state index contributed by atoms with van der Waals surface area (Å²) in [6.07, 6.45) is 0. The molecule has 1 unspecified atom stereocenters. The van der Waals surface area contributed by atoms with Crippen molar-refractivity contribution in [2.24, 2.45) is 0 Å². The number of rotatable bonds is 8. The molecular weight excluding hydrogens is 456 g/mol. The summed E-state index contributed by atoms with van der Waals surface area (Å²) in [6, 6.07) is 22.7. The molecule has 0 spiro atoms. The van der Waals surface area contributed by atoms with Crippen molar-refractivity contribution < 1.29 is 14.3 Å². The fourth-order valence-electron chi connectivity index (χ4n) is 3.71. The van der Waals surface area contributed by atoms with E-state index in [9.17, 15) is 9.59 Å². The monoisotopic (exact) mass is 480 g/mol. The first kappa shape index (κ1) is 23.2. The number of amides is 2. The third kappa shape index (κ3) is 5.70. The Morgan fingerprint density at radius 3 is 2.55 bits per heavy atom. The molecule has 1 fully saturated rings. The lowest BCUT2D eigenvalue weighted by Gasteiger charge is -2.24. The molecule has 1 aliphatic heterocycles. The van der Waals surface area contributed by atoms with Gasteiger partial charge in [0.1, 0.15) is 11.1 Å². The van der Waals surface area contributed by atoms with Gasteiger partial charge in [-0.1, -0.05) is 54.1 Å². The van der Waals surface area contributed by atoms with Gasteiger partial charge in [-0.2, -0.15) is 0 Å². The van der Waals surface area contributed by atoms with Gasteiger partial charge in [0, 0.05) is 29.2 Å². The van der Waals surface area contributed by atoms with Gasteiger partial charge in [-0.15, -0.1) is 11.8 Å². The van der Waals surface area contributed by atoms with Crippen molar-refractivity contribution in [3.8, 4) is 5.75 Å². The van der Waals surface area contributed by atoms with Gasteiger partial charge in [-0.05, 0) is 48.4 Å². The molecule has 0 aromatic heterocycles. The van der Waals surface area contributed by atoms with E-state index in [1.54, 1.807) is 11.8 Å². The number of thioether (sulfide) groups is 1. The number of carbonyl (C=O) groups is 2. The van der Waals surface area contributed by atoms with Crippen molar-refractivity contribution >= 4 is 35.2 Å². The minimum Gasteiger partial charge on any atom is -0.494 e. The molecule has 1 aliphatic rings. The van der Waals surface area contributed by atoms with Gasteiger partial charge in [-0.3, -0.25) is 9.59 Å². The smallest absolute Gasteiger partial charge is 0.251 e. The first-order valence-electron chi connectivity index (χ1n) is 10.8. The number of hydrogen-bond acceptors (Lipinski definition) is 4. The van der Waals surface area contributed by atoms with Crippen molar-refractivity contribution in [2.75, 3.05) is 12.4 Å². The maximum Gasteiger partial charge on any atom is 0.251 e. The predicted octanol–water partition coefficient (Wildman–Crippen LogP) is 5.44. The molecule has 5 nitrogen and oxygen atoms in total. The van der Waals surface area contributed by atoms with Crippen LogP contribution in [0.5, 0.6) is 5.75 Å². The molecule has 170 valence electrons. The zero-order chi connectivity index (χ0) is 23.2. The third-order valence-electron chi connectivity index (χ3n) is 5.40. The molecule has 2 amide bonds. The molecule has 3 aromatic carbocycles. The predicted molar refractivity (Wildman–Crippen MR) is 132 cm³/mol. The average molecular weight is 481 g/mol. The SMILES string of the molecule is CCOc1ccccc1CNC(=O)c1ccc(C2SCC(=O)N2Cc2ccc(Cl)cc2)cc1. The van der Waals surface area contributed by atoms with Crippen LogP contribution < -0.4 is 10.1 Å². The second kappa shape index (κ2) is 10.8. The molecule has 0 radical (unpaired) electrons. The van der Waals surface area contributed by atoms with E-state index in [4.69, 9.17) is 16.3 Å². The summed E-state index contributed by atoms with van der Waals surface area (Å²) in [6.45, 7) is 3.42. The van der Waals surface area contributed by atoms with Gasteiger partial charge in [-0.25, -0.2) is 0 Å². The largest absolute Gasteiger partial charge is 0.494 e. The van der Waals surface area contributed by atoms with Gasteiger partial charge in [0.2, 0.25) is 5.91 Å². The van der Waals surface area contributed by atoms with Crippen LogP contribution in [0.3, 0.4) is 0 Å². The van der Waals surface area contributed by atoms with Gasteiger partial charge in [0.25, 0.3) is 5.91 Å². The number of carbonyl (C=O) groups excluding carboxylic acids is 2. The van der Waals surface area contributed by atoms with E-state index in [0.29, 0.717) is 36.0 Å². The molecule has 0 aliphatic carbocycles. The third-order valence-corrected chi connectivity index (χ3v) is 6.91. The molecule has 1 atom stereocenters. The fraction of sp³-hybridized carbons (Fsp3) is 0.231. The highest BCUT2D eigenvalue weighted by atomic mass is 35.5. The summed E-state index contributed by atoms with van der Waals surface area (Å²) in [5, 5.41) is 3.55. The maximum atomic E-state index is 12.7. The zero-order valence-corrected chi connectivity index (χ0v) is 19.9. The van der Waals surface area contributed by atoms with Crippen LogP contribution in [0.2, 0.25) is 5.02 Å². The summed E-state index contributed by atoms with van der Waals surface area (Å²) >= 11 is 7.58. The van der Waals surface area contributed by atoms with Crippen LogP contribution in [-0.4, -0.2) is 29.1 Å². The first-order valence-corrected chi connectivity index (χ1v) is 12.2. The van der Waals surface area contributed by atoms with Crippen molar-refractivity contribution in [3.63, 3.8) is 0 Å². The second-order valence-electron chi connectivity index (χ2n) is 7.66.